The predicted octanol–water partition coefficient (Wildman–Crippen LogP) is -4.89. The summed E-state index contributed by atoms with van der Waals surface area (Å²) in [5.74, 6) is -3.88. The van der Waals surface area contributed by atoms with Gasteiger partial charge in [-0.1, -0.05) is 0 Å². The first-order chi connectivity index (χ1) is 26.1. The average molecular weight is 789 g/mol. The summed E-state index contributed by atoms with van der Waals surface area (Å²) in [7, 11) is 0. The molecule has 0 unspecified atom stereocenters. The number of fused-ring (bicyclic) bond motifs is 1. The van der Waals surface area contributed by atoms with Crippen LogP contribution in [0, 0.1) is 0 Å². The van der Waals surface area contributed by atoms with E-state index < -0.39 is 157 Å². The van der Waals surface area contributed by atoms with Crippen LogP contribution in [-0.2, 0) is 23.7 Å². The molecule has 0 saturated carbocycles. The molecule has 15 atom stereocenters. The minimum atomic E-state index is -2.12. The van der Waals surface area contributed by atoms with Crippen LogP contribution in [0.1, 0.15) is 0 Å². The second kappa shape index (κ2) is 16.3. The van der Waals surface area contributed by atoms with Crippen molar-refractivity contribution in [2.24, 2.45) is 0 Å². The van der Waals surface area contributed by atoms with Gasteiger partial charge in [-0.05, 0) is 18.2 Å². The molecule has 6 rings (SSSR count). The number of aliphatic hydroxyl groups excluding tert-OH is 10. The summed E-state index contributed by atoms with van der Waals surface area (Å²) >= 11 is 0. The molecule has 55 heavy (non-hydrogen) atoms. The predicted molar refractivity (Wildman–Crippen MR) is 174 cm³/mol. The van der Waals surface area contributed by atoms with Crippen molar-refractivity contribution in [1.29, 1.82) is 0 Å². The van der Waals surface area contributed by atoms with E-state index in [4.69, 9.17) is 32.8 Å². The maximum atomic E-state index is 14.0. The fourth-order valence-electron chi connectivity index (χ4n) is 6.44. The Morgan fingerprint density at radius 1 is 0.564 bits per heavy atom. The first-order valence-electron chi connectivity index (χ1n) is 16.7. The van der Waals surface area contributed by atoms with Gasteiger partial charge in [-0.2, -0.15) is 0 Å². The Morgan fingerprint density at radius 2 is 1.09 bits per heavy atom. The SMILES string of the molecule is O=c1c(O[C@@H]2O[C@H](CO)[C@H](O)[C@H](O)[C@H]2O[C@@H]2O[C@H](CO)[C@H](O)[C@H](O)[C@H]2O[C@@H]2O[C@H](CO)[C@H](O)[C@H](O)[C@H]2O)c(-c2ccc(O)c(O)c2)oc2cc(O)cc(O)c12. The van der Waals surface area contributed by atoms with E-state index in [-0.39, 0.29) is 11.1 Å². The summed E-state index contributed by atoms with van der Waals surface area (Å²) in [5.41, 5.74) is -1.66. The Hall–Kier alpha value is -3.95. The van der Waals surface area contributed by atoms with Crippen LogP contribution in [-0.4, -0.2) is 183 Å². The van der Waals surface area contributed by atoms with Gasteiger partial charge in [0.05, 0.1) is 19.8 Å². The maximum absolute atomic E-state index is 14.0. The maximum Gasteiger partial charge on any atom is 0.239 e. The van der Waals surface area contributed by atoms with Crippen LogP contribution in [0.2, 0.25) is 0 Å². The number of aliphatic hydroxyl groups is 10. The molecule has 3 aliphatic rings. The van der Waals surface area contributed by atoms with Crippen LogP contribution in [0.15, 0.2) is 39.5 Å². The van der Waals surface area contributed by atoms with Crippen molar-refractivity contribution in [1.82, 2.24) is 0 Å². The van der Waals surface area contributed by atoms with Gasteiger partial charge in [-0.15, -0.1) is 0 Å². The quantitative estimate of drug-likeness (QED) is 0.0856. The minimum Gasteiger partial charge on any atom is -0.508 e. The summed E-state index contributed by atoms with van der Waals surface area (Å²) in [5, 5.41) is 145. The monoisotopic (exact) mass is 788 g/mol. The Bertz CT molecular complexity index is 1870. The normalized spacial score (nSPS) is 36.9. The lowest BCUT2D eigenvalue weighted by Crippen LogP contribution is -2.67. The largest absolute Gasteiger partial charge is 0.508 e. The minimum absolute atomic E-state index is 0.133. The van der Waals surface area contributed by atoms with Gasteiger partial charge >= 0.3 is 0 Å². The summed E-state index contributed by atoms with van der Waals surface area (Å²) in [6.45, 7) is -2.76. The van der Waals surface area contributed by atoms with Crippen LogP contribution < -0.4 is 10.2 Å². The molecule has 0 spiro atoms. The molecule has 22 nitrogen and oxygen atoms in total. The first-order valence-corrected chi connectivity index (χ1v) is 16.7. The fraction of sp³-hybridized carbons (Fsp3) is 0.545. The first kappa shape index (κ1) is 40.7. The summed E-state index contributed by atoms with van der Waals surface area (Å²) in [4.78, 5) is 14.0. The van der Waals surface area contributed by atoms with E-state index in [2.05, 4.69) is 0 Å². The summed E-state index contributed by atoms with van der Waals surface area (Å²) in [6, 6.07) is 4.95. The van der Waals surface area contributed by atoms with Gasteiger partial charge in [0, 0.05) is 17.7 Å². The van der Waals surface area contributed by atoms with Crippen molar-refractivity contribution in [3.8, 4) is 40.1 Å². The zero-order chi connectivity index (χ0) is 40.0. The third-order valence-electron chi connectivity index (χ3n) is 9.47. The van der Waals surface area contributed by atoms with Crippen LogP contribution in [0.5, 0.6) is 28.7 Å². The number of aromatic hydroxyl groups is 4. The van der Waals surface area contributed by atoms with Gasteiger partial charge in [0.15, 0.2) is 35.9 Å². The van der Waals surface area contributed by atoms with Gasteiger partial charge in [0.2, 0.25) is 17.5 Å². The molecule has 3 aliphatic heterocycles. The molecule has 0 bridgehead atoms. The lowest BCUT2D eigenvalue weighted by atomic mass is 9.96. The summed E-state index contributed by atoms with van der Waals surface area (Å²) < 4.78 is 40.0. The highest BCUT2D eigenvalue weighted by Crippen LogP contribution is 2.40. The second-order valence-corrected chi connectivity index (χ2v) is 13.1. The number of phenolic OH excluding ortho intramolecular Hbond substituents is 4. The fourth-order valence-corrected chi connectivity index (χ4v) is 6.44. The summed E-state index contributed by atoms with van der Waals surface area (Å²) in [6.07, 6.45) is -28.7. The number of ether oxygens (including phenoxy) is 6. The van der Waals surface area contributed by atoms with E-state index in [1.165, 1.54) is 6.07 Å². The molecule has 1 aromatic heterocycles. The Labute approximate surface area is 307 Å². The molecule has 2 aromatic carbocycles. The highest BCUT2D eigenvalue weighted by Gasteiger charge is 2.54. The Kier molecular flexibility index (Phi) is 12.0. The molecular formula is C33H40O22. The highest BCUT2D eigenvalue weighted by molar-refractivity contribution is 5.88. The van der Waals surface area contributed by atoms with E-state index in [0.717, 1.165) is 24.3 Å². The zero-order valence-corrected chi connectivity index (χ0v) is 28.2. The lowest BCUT2D eigenvalue weighted by Gasteiger charge is -2.48. The number of phenols is 4. The van der Waals surface area contributed by atoms with Crippen LogP contribution in [0.4, 0.5) is 0 Å². The molecule has 3 saturated heterocycles. The van der Waals surface area contributed by atoms with E-state index in [1.54, 1.807) is 0 Å². The highest BCUT2D eigenvalue weighted by atomic mass is 16.8. The lowest BCUT2D eigenvalue weighted by molar-refractivity contribution is -0.389. The van der Waals surface area contributed by atoms with Crippen molar-refractivity contribution in [3.63, 3.8) is 0 Å². The average Bonchev–Trinajstić information content (AvgIpc) is 3.15. The molecule has 4 heterocycles. The van der Waals surface area contributed by atoms with Crippen molar-refractivity contribution >= 4 is 11.0 Å². The molecule has 3 fully saturated rings. The third kappa shape index (κ3) is 7.63. The zero-order valence-electron chi connectivity index (χ0n) is 28.2. The molecule has 0 aliphatic carbocycles. The number of benzene rings is 2. The topological polar surface area (TPSA) is 369 Å². The van der Waals surface area contributed by atoms with E-state index in [1.807, 2.05) is 0 Å². The van der Waals surface area contributed by atoms with Crippen molar-refractivity contribution < 1.29 is 104 Å². The molecule has 3 aromatic rings. The molecular weight excluding hydrogens is 748 g/mol. The number of rotatable bonds is 10. The molecule has 0 radical (unpaired) electrons. The van der Waals surface area contributed by atoms with Gasteiger partial charge in [-0.3, -0.25) is 4.79 Å². The standard InChI is InChI=1S/C33H40O22/c34-6-15-19(41)23(45)26(48)31(50-15)54-29-24(46)20(42)17(8-36)52-33(29)55-30-25(47)21(43)16(7-35)51-32(30)53-28-22(44)18-13(40)4-10(37)5-14(18)49-27(28)9-1-2-11(38)12(39)3-9/h1-5,15-17,19-21,23-26,29-43,45-48H,6-8H2/t15-,16-,17-,19+,20+,21+,23+,24+,25+,26-,29-,30-,31+,32+,33+/m1/s1. The molecule has 304 valence electrons. The van der Waals surface area contributed by atoms with E-state index in [9.17, 15) is 76.3 Å². The van der Waals surface area contributed by atoms with Gasteiger partial charge in [-0.25, -0.2) is 0 Å². The Morgan fingerprint density at radius 3 is 1.67 bits per heavy atom. The second-order valence-electron chi connectivity index (χ2n) is 13.1. The van der Waals surface area contributed by atoms with Crippen molar-refractivity contribution in [2.45, 2.75) is 92.1 Å². The van der Waals surface area contributed by atoms with Crippen molar-refractivity contribution in [2.75, 3.05) is 19.8 Å². The Balaban J connectivity index is 1.41. The molecule has 0 amide bonds. The van der Waals surface area contributed by atoms with Crippen molar-refractivity contribution in [3.05, 3.63) is 40.6 Å². The van der Waals surface area contributed by atoms with E-state index in [0.29, 0.717) is 0 Å². The third-order valence-corrected chi connectivity index (χ3v) is 9.47. The number of hydrogen-bond donors (Lipinski definition) is 14. The smallest absolute Gasteiger partial charge is 0.239 e. The number of hydrogen-bond acceptors (Lipinski definition) is 22. The van der Waals surface area contributed by atoms with E-state index >= 15 is 0 Å². The van der Waals surface area contributed by atoms with Crippen LogP contribution >= 0.6 is 0 Å². The molecule has 14 N–H and O–H groups in total. The van der Waals surface area contributed by atoms with Gasteiger partial charge in [0.1, 0.15) is 89.6 Å². The van der Waals surface area contributed by atoms with Crippen LogP contribution in [0.3, 0.4) is 0 Å². The van der Waals surface area contributed by atoms with Gasteiger partial charge in [0.25, 0.3) is 0 Å². The van der Waals surface area contributed by atoms with Gasteiger partial charge < -0.3 is 104 Å². The molecule has 22 heteroatoms. The van der Waals surface area contributed by atoms with Crippen LogP contribution in [0.25, 0.3) is 22.3 Å².